The van der Waals surface area contributed by atoms with Crippen LogP contribution in [0.15, 0.2) is 12.2 Å². The quantitative estimate of drug-likeness (QED) is 0.575. The van der Waals surface area contributed by atoms with E-state index < -0.39 is 12.1 Å². The van der Waals surface area contributed by atoms with Crippen molar-refractivity contribution in [1.29, 1.82) is 0 Å². The van der Waals surface area contributed by atoms with E-state index in [1.807, 2.05) is 6.92 Å². The van der Waals surface area contributed by atoms with Gasteiger partial charge in [0.15, 0.2) is 0 Å². The third-order valence-electron chi connectivity index (χ3n) is 1.71. The summed E-state index contributed by atoms with van der Waals surface area (Å²) in [4.78, 5) is 0. The van der Waals surface area contributed by atoms with Crippen LogP contribution in [-0.2, 0) is 0 Å². The van der Waals surface area contributed by atoms with E-state index in [0.717, 1.165) is 6.42 Å². The maximum absolute atomic E-state index is 12.2. The molecule has 0 saturated heterocycles. The molecule has 0 bridgehead atoms. The molecule has 0 aromatic carbocycles. The number of hydrogen-bond acceptors (Lipinski definition) is 0. The van der Waals surface area contributed by atoms with E-state index >= 15 is 0 Å². The van der Waals surface area contributed by atoms with Crippen LogP contribution >= 0.6 is 0 Å². The van der Waals surface area contributed by atoms with Crippen LogP contribution in [0.2, 0.25) is 0 Å². The first kappa shape index (κ1) is 11.5. The summed E-state index contributed by atoms with van der Waals surface area (Å²) in [5.41, 5.74) is 0. The van der Waals surface area contributed by atoms with E-state index in [-0.39, 0.29) is 6.42 Å². The highest BCUT2D eigenvalue weighted by Gasteiger charge is 2.36. The third kappa shape index (κ3) is 4.42. The molecule has 0 amide bonds. The first-order chi connectivity index (χ1) is 5.52. The predicted octanol–water partition coefficient (Wildman–Crippen LogP) is 3.93. The standard InChI is InChI=1S/C9H15F3/c1-3-5-7-8(6-4-2)9(10,11)12/h4,6,8H,3,5,7H2,1-2H3. The van der Waals surface area contributed by atoms with Gasteiger partial charge in [0.05, 0.1) is 5.92 Å². The zero-order valence-electron chi connectivity index (χ0n) is 7.49. The molecule has 0 aliphatic carbocycles. The second kappa shape index (κ2) is 5.22. The fraction of sp³-hybridized carbons (Fsp3) is 0.778. The summed E-state index contributed by atoms with van der Waals surface area (Å²) in [6.45, 7) is 3.51. The molecular formula is C9H15F3. The molecule has 0 aliphatic heterocycles. The van der Waals surface area contributed by atoms with E-state index in [1.54, 1.807) is 6.92 Å². The summed E-state index contributed by atoms with van der Waals surface area (Å²) in [6.07, 6.45) is 0.286. The summed E-state index contributed by atoms with van der Waals surface area (Å²) < 4.78 is 36.5. The molecule has 0 saturated carbocycles. The fourth-order valence-corrected chi connectivity index (χ4v) is 1.03. The molecule has 0 heterocycles. The van der Waals surface area contributed by atoms with Crippen molar-refractivity contribution in [2.75, 3.05) is 0 Å². The van der Waals surface area contributed by atoms with Gasteiger partial charge in [0.25, 0.3) is 0 Å². The maximum atomic E-state index is 12.2. The van der Waals surface area contributed by atoms with Gasteiger partial charge in [-0.3, -0.25) is 0 Å². The van der Waals surface area contributed by atoms with Gasteiger partial charge in [0.2, 0.25) is 0 Å². The number of unbranched alkanes of at least 4 members (excludes halogenated alkanes) is 1. The van der Waals surface area contributed by atoms with E-state index in [0.29, 0.717) is 6.42 Å². The molecule has 0 rings (SSSR count). The Labute approximate surface area is 71.5 Å². The van der Waals surface area contributed by atoms with Crippen LogP contribution in [0, 0.1) is 5.92 Å². The highest BCUT2D eigenvalue weighted by atomic mass is 19.4. The van der Waals surface area contributed by atoms with Crippen molar-refractivity contribution in [2.45, 2.75) is 39.3 Å². The Bertz CT molecular complexity index is 135. The molecule has 12 heavy (non-hydrogen) atoms. The minimum absolute atomic E-state index is 0.213. The summed E-state index contributed by atoms with van der Waals surface area (Å²) in [5.74, 6) is -1.25. The van der Waals surface area contributed by atoms with Crippen LogP contribution in [0.5, 0.6) is 0 Å². The Morgan fingerprint density at radius 3 is 2.25 bits per heavy atom. The maximum Gasteiger partial charge on any atom is 0.395 e. The fourth-order valence-electron chi connectivity index (χ4n) is 1.03. The molecule has 0 spiro atoms. The Hall–Kier alpha value is -0.470. The molecule has 0 nitrogen and oxygen atoms in total. The van der Waals surface area contributed by atoms with Gasteiger partial charge in [0, 0.05) is 0 Å². The largest absolute Gasteiger partial charge is 0.395 e. The van der Waals surface area contributed by atoms with Crippen molar-refractivity contribution in [3.05, 3.63) is 12.2 Å². The van der Waals surface area contributed by atoms with Gasteiger partial charge in [0.1, 0.15) is 0 Å². The zero-order valence-corrected chi connectivity index (χ0v) is 7.49. The second-order valence-corrected chi connectivity index (χ2v) is 2.82. The van der Waals surface area contributed by atoms with E-state index in [9.17, 15) is 13.2 Å². The van der Waals surface area contributed by atoms with Crippen LogP contribution in [0.4, 0.5) is 13.2 Å². The van der Waals surface area contributed by atoms with Gasteiger partial charge in [-0.15, -0.1) is 0 Å². The SMILES string of the molecule is CC=CC(CCCC)C(F)(F)F. The average molecular weight is 180 g/mol. The van der Waals surface area contributed by atoms with Crippen molar-refractivity contribution in [3.63, 3.8) is 0 Å². The summed E-state index contributed by atoms with van der Waals surface area (Å²) >= 11 is 0. The average Bonchev–Trinajstić information content (AvgIpc) is 1.95. The summed E-state index contributed by atoms with van der Waals surface area (Å²) in [7, 11) is 0. The van der Waals surface area contributed by atoms with Crippen molar-refractivity contribution >= 4 is 0 Å². The molecule has 1 atom stereocenters. The van der Waals surface area contributed by atoms with E-state index in [1.165, 1.54) is 12.2 Å². The Kier molecular flexibility index (Phi) is 5.02. The van der Waals surface area contributed by atoms with Crippen molar-refractivity contribution in [1.82, 2.24) is 0 Å². The molecular weight excluding hydrogens is 165 g/mol. The smallest absolute Gasteiger partial charge is 0.170 e. The lowest BCUT2D eigenvalue weighted by atomic mass is 10.0. The minimum Gasteiger partial charge on any atom is -0.170 e. The Balaban J connectivity index is 4.04. The van der Waals surface area contributed by atoms with Crippen LogP contribution in [0.1, 0.15) is 33.1 Å². The van der Waals surface area contributed by atoms with Crippen molar-refractivity contribution in [3.8, 4) is 0 Å². The first-order valence-corrected chi connectivity index (χ1v) is 4.21. The highest BCUT2D eigenvalue weighted by molar-refractivity contribution is 4.89. The molecule has 3 heteroatoms. The highest BCUT2D eigenvalue weighted by Crippen LogP contribution is 2.31. The van der Waals surface area contributed by atoms with Gasteiger partial charge >= 0.3 is 6.18 Å². The molecule has 72 valence electrons. The van der Waals surface area contributed by atoms with Crippen LogP contribution in [-0.4, -0.2) is 6.18 Å². The number of hydrogen-bond donors (Lipinski definition) is 0. The van der Waals surface area contributed by atoms with Gasteiger partial charge in [-0.2, -0.15) is 13.2 Å². The number of rotatable bonds is 4. The lowest BCUT2D eigenvalue weighted by Crippen LogP contribution is -2.20. The molecule has 0 aliphatic rings. The molecule has 0 aromatic heterocycles. The molecule has 0 fully saturated rings. The number of allylic oxidation sites excluding steroid dienone is 2. The monoisotopic (exact) mass is 180 g/mol. The first-order valence-electron chi connectivity index (χ1n) is 4.21. The van der Waals surface area contributed by atoms with Gasteiger partial charge in [-0.1, -0.05) is 31.9 Å². The van der Waals surface area contributed by atoms with Crippen LogP contribution in [0.3, 0.4) is 0 Å². The number of halogens is 3. The van der Waals surface area contributed by atoms with Crippen molar-refractivity contribution in [2.24, 2.45) is 5.92 Å². The van der Waals surface area contributed by atoms with E-state index in [2.05, 4.69) is 0 Å². The summed E-state index contributed by atoms with van der Waals surface area (Å²) in [6, 6.07) is 0. The topological polar surface area (TPSA) is 0 Å². The lowest BCUT2D eigenvalue weighted by Gasteiger charge is -2.15. The van der Waals surface area contributed by atoms with Gasteiger partial charge in [-0.25, -0.2) is 0 Å². The van der Waals surface area contributed by atoms with Gasteiger partial charge < -0.3 is 0 Å². The van der Waals surface area contributed by atoms with Crippen molar-refractivity contribution < 1.29 is 13.2 Å². The molecule has 0 N–H and O–H groups in total. The number of alkyl halides is 3. The van der Waals surface area contributed by atoms with Gasteiger partial charge in [-0.05, 0) is 13.3 Å². The molecule has 0 radical (unpaired) electrons. The summed E-state index contributed by atoms with van der Waals surface area (Å²) in [5, 5.41) is 0. The zero-order chi connectivity index (χ0) is 9.61. The second-order valence-electron chi connectivity index (χ2n) is 2.82. The van der Waals surface area contributed by atoms with Crippen LogP contribution < -0.4 is 0 Å². The van der Waals surface area contributed by atoms with Crippen LogP contribution in [0.25, 0.3) is 0 Å². The molecule has 0 aromatic rings. The van der Waals surface area contributed by atoms with E-state index in [4.69, 9.17) is 0 Å². The Morgan fingerprint density at radius 1 is 1.33 bits per heavy atom. The Morgan fingerprint density at radius 2 is 1.92 bits per heavy atom. The third-order valence-corrected chi connectivity index (χ3v) is 1.71. The molecule has 1 unspecified atom stereocenters. The normalized spacial score (nSPS) is 15.4. The minimum atomic E-state index is -4.07. The predicted molar refractivity (Wildman–Crippen MR) is 43.9 cm³/mol. The lowest BCUT2D eigenvalue weighted by molar-refractivity contribution is -0.162.